The van der Waals surface area contributed by atoms with Crippen molar-refractivity contribution in [3.63, 3.8) is 0 Å². The summed E-state index contributed by atoms with van der Waals surface area (Å²) >= 11 is 0. The van der Waals surface area contributed by atoms with E-state index in [2.05, 4.69) is 5.10 Å². The molecular formula is C23H24N4O5. The van der Waals surface area contributed by atoms with Gasteiger partial charge in [0.25, 0.3) is 5.91 Å². The van der Waals surface area contributed by atoms with E-state index in [1.54, 1.807) is 28.6 Å². The van der Waals surface area contributed by atoms with Crippen LogP contribution in [0.4, 0.5) is 5.69 Å². The number of ether oxygens (including phenoxy) is 2. The van der Waals surface area contributed by atoms with Crippen molar-refractivity contribution in [2.24, 2.45) is 0 Å². The molecule has 32 heavy (non-hydrogen) atoms. The van der Waals surface area contributed by atoms with Crippen molar-refractivity contribution in [2.45, 2.75) is 20.8 Å². The molecule has 166 valence electrons. The molecule has 2 aromatic carbocycles. The summed E-state index contributed by atoms with van der Waals surface area (Å²) < 4.78 is 13.0. The number of morpholine rings is 1. The number of rotatable bonds is 5. The molecule has 1 aliphatic heterocycles. The maximum Gasteiger partial charge on any atom is 0.311 e. The largest absolute Gasteiger partial charge is 0.431 e. The van der Waals surface area contributed by atoms with Crippen LogP contribution >= 0.6 is 0 Å². The zero-order valence-electron chi connectivity index (χ0n) is 18.2. The molecule has 2 heterocycles. The number of hydrogen-bond donors (Lipinski definition) is 0. The Balaban J connectivity index is 1.85. The Hall–Kier alpha value is -3.72. The number of carbonyl (C=O) groups excluding carboxylic acids is 1. The molecule has 1 aliphatic rings. The van der Waals surface area contributed by atoms with E-state index < -0.39 is 4.92 Å². The van der Waals surface area contributed by atoms with Gasteiger partial charge in [0, 0.05) is 24.7 Å². The minimum Gasteiger partial charge on any atom is -0.431 e. The molecule has 4 rings (SSSR count). The summed E-state index contributed by atoms with van der Waals surface area (Å²) in [6, 6.07) is 11.9. The van der Waals surface area contributed by atoms with Crippen molar-refractivity contribution in [1.29, 1.82) is 0 Å². The Kier molecular flexibility index (Phi) is 5.91. The molecular weight excluding hydrogens is 412 g/mol. The number of amides is 1. The van der Waals surface area contributed by atoms with Gasteiger partial charge in [0.05, 0.1) is 23.8 Å². The fraction of sp³-hybridized carbons (Fsp3) is 0.304. The third-order valence-corrected chi connectivity index (χ3v) is 5.64. The minimum atomic E-state index is -0.497. The molecule has 1 fully saturated rings. The maximum absolute atomic E-state index is 13.2. The van der Waals surface area contributed by atoms with Gasteiger partial charge >= 0.3 is 5.69 Å². The fourth-order valence-electron chi connectivity index (χ4n) is 3.65. The summed E-state index contributed by atoms with van der Waals surface area (Å²) in [5.74, 6) is 0.129. The van der Waals surface area contributed by atoms with Gasteiger partial charge in [0.2, 0.25) is 11.6 Å². The van der Waals surface area contributed by atoms with Gasteiger partial charge in [-0.05, 0) is 44.0 Å². The maximum atomic E-state index is 13.2. The summed E-state index contributed by atoms with van der Waals surface area (Å²) in [5.41, 5.74) is 3.35. The molecule has 1 saturated heterocycles. The van der Waals surface area contributed by atoms with Crippen molar-refractivity contribution >= 4 is 11.6 Å². The number of nitro groups is 1. The first-order valence-corrected chi connectivity index (χ1v) is 10.3. The molecule has 9 heteroatoms. The van der Waals surface area contributed by atoms with Gasteiger partial charge in [0.1, 0.15) is 0 Å². The summed E-state index contributed by atoms with van der Waals surface area (Å²) in [4.78, 5) is 25.9. The Bertz CT molecular complexity index is 1180. The van der Waals surface area contributed by atoms with E-state index >= 15 is 0 Å². The summed E-state index contributed by atoms with van der Waals surface area (Å²) in [6.07, 6.45) is 0. The number of nitro benzene ring substituents is 1. The van der Waals surface area contributed by atoms with Gasteiger partial charge < -0.3 is 14.4 Å². The van der Waals surface area contributed by atoms with Gasteiger partial charge in [-0.15, -0.1) is 0 Å². The Morgan fingerprint density at radius 3 is 2.50 bits per heavy atom. The lowest BCUT2D eigenvalue weighted by molar-refractivity contribution is -0.385. The molecule has 0 radical (unpaired) electrons. The van der Waals surface area contributed by atoms with E-state index in [-0.39, 0.29) is 28.9 Å². The lowest BCUT2D eigenvalue weighted by Crippen LogP contribution is -2.41. The second kappa shape index (κ2) is 8.80. The highest BCUT2D eigenvalue weighted by Gasteiger charge is 2.29. The molecule has 0 aliphatic carbocycles. The second-order valence-corrected chi connectivity index (χ2v) is 7.64. The number of benzene rings is 2. The number of aromatic nitrogens is 2. The van der Waals surface area contributed by atoms with Gasteiger partial charge in [0.15, 0.2) is 5.69 Å². The van der Waals surface area contributed by atoms with Crippen LogP contribution in [0.25, 0.3) is 5.69 Å². The van der Waals surface area contributed by atoms with Gasteiger partial charge in [-0.2, -0.15) is 9.78 Å². The van der Waals surface area contributed by atoms with Gasteiger partial charge in [-0.3, -0.25) is 14.9 Å². The third-order valence-electron chi connectivity index (χ3n) is 5.64. The monoisotopic (exact) mass is 436 g/mol. The summed E-state index contributed by atoms with van der Waals surface area (Å²) in [5, 5.41) is 16.1. The molecule has 0 unspecified atom stereocenters. The van der Waals surface area contributed by atoms with Crippen LogP contribution in [-0.4, -0.2) is 51.8 Å². The minimum absolute atomic E-state index is 0.0810. The van der Waals surface area contributed by atoms with Crippen LogP contribution < -0.4 is 4.74 Å². The Labute approximate surface area is 185 Å². The van der Waals surface area contributed by atoms with E-state index in [0.717, 1.165) is 16.8 Å². The number of nitrogens with zero attached hydrogens (tertiary/aromatic N) is 4. The molecule has 3 aromatic rings. The van der Waals surface area contributed by atoms with Gasteiger partial charge in [-0.1, -0.05) is 24.3 Å². The molecule has 0 N–H and O–H groups in total. The quantitative estimate of drug-likeness (QED) is 0.443. The molecule has 9 nitrogen and oxygen atoms in total. The molecule has 1 amide bonds. The second-order valence-electron chi connectivity index (χ2n) is 7.64. The van der Waals surface area contributed by atoms with Crippen LogP contribution in [0.2, 0.25) is 0 Å². The van der Waals surface area contributed by atoms with Crippen LogP contribution in [0.1, 0.15) is 27.2 Å². The lowest BCUT2D eigenvalue weighted by atomic mass is 10.1. The molecule has 0 saturated carbocycles. The van der Waals surface area contributed by atoms with Crippen molar-refractivity contribution < 1.29 is 19.2 Å². The summed E-state index contributed by atoms with van der Waals surface area (Å²) in [7, 11) is 0. The van der Waals surface area contributed by atoms with Crippen molar-refractivity contribution in [2.75, 3.05) is 26.3 Å². The van der Waals surface area contributed by atoms with Crippen LogP contribution in [-0.2, 0) is 4.74 Å². The number of para-hydroxylation sites is 2. The predicted octanol–water partition coefficient (Wildman–Crippen LogP) is 3.97. The average Bonchev–Trinajstić information content (AvgIpc) is 3.12. The highest BCUT2D eigenvalue weighted by Crippen LogP contribution is 2.36. The first-order valence-electron chi connectivity index (χ1n) is 10.3. The first-order chi connectivity index (χ1) is 15.4. The lowest BCUT2D eigenvalue weighted by Gasteiger charge is -2.26. The zero-order valence-corrected chi connectivity index (χ0v) is 18.2. The van der Waals surface area contributed by atoms with E-state index in [4.69, 9.17) is 9.47 Å². The van der Waals surface area contributed by atoms with Crippen molar-refractivity contribution in [3.05, 3.63) is 75.0 Å². The van der Waals surface area contributed by atoms with E-state index in [9.17, 15) is 14.9 Å². The number of hydrogen-bond acceptors (Lipinski definition) is 6. The first kappa shape index (κ1) is 21.5. The standard InChI is InChI=1S/C23H24N4O5/c1-15-7-6-9-18(16(15)2)26-23(32-20-10-5-4-8-19(20)27(29)30)17(3)21(24-26)22(28)25-11-13-31-14-12-25/h4-10H,11-14H2,1-3H3. The molecule has 0 bridgehead atoms. The normalized spacial score (nSPS) is 13.8. The zero-order chi connectivity index (χ0) is 22.8. The van der Waals surface area contributed by atoms with E-state index in [1.807, 2.05) is 32.0 Å². The average molecular weight is 436 g/mol. The van der Waals surface area contributed by atoms with E-state index in [0.29, 0.717) is 31.9 Å². The van der Waals surface area contributed by atoms with Crippen LogP contribution in [0.5, 0.6) is 11.6 Å². The predicted molar refractivity (Wildman–Crippen MR) is 118 cm³/mol. The summed E-state index contributed by atoms with van der Waals surface area (Å²) in [6.45, 7) is 7.60. The van der Waals surface area contributed by atoms with Crippen LogP contribution in [0.3, 0.4) is 0 Å². The fourth-order valence-corrected chi connectivity index (χ4v) is 3.65. The topological polar surface area (TPSA) is 99.7 Å². The Morgan fingerprint density at radius 2 is 1.78 bits per heavy atom. The highest BCUT2D eigenvalue weighted by atomic mass is 16.6. The number of aryl methyl sites for hydroxylation is 1. The van der Waals surface area contributed by atoms with Crippen LogP contribution in [0, 0.1) is 30.9 Å². The molecule has 0 atom stereocenters. The SMILES string of the molecule is Cc1cccc(-n2nc(C(=O)N3CCOCC3)c(C)c2Oc2ccccc2[N+](=O)[O-])c1C. The number of carbonyl (C=O) groups is 1. The molecule has 0 spiro atoms. The van der Waals surface area contributed by atoms with Crippen molar-refractivity contribution in [3.8, 4) is 17.3 Å². The van der Waals surface area contributed by atoms with Gasteiger partial charge in [-0.25, -0.2) is 0 Å². The van der Waals surface area contributed by atoms with Crippen LogP contribution in [0.15, 0.2) is 42.5 Å². The van der Waals surface area contributed by atoms with E-state index in [1.165, 1.54) is 12.1 Å². The highest BCUT2D eigenvalue weighted by molar-refractivity contribution is 5.94. The third kappa shape index (κ3) is 3.94. The smallest absolute Gasteiger partial charge is 0.311 e. The molecule has 1 aromatic heterocycles. The van der Waals surface area contributed by atoms with Crippen molar-refractivity contribution in [1.82, 2.24) is 14.7 Å². The Morgan fingerprint density at radius 1 is 1.06 bits per heavy atom.